The molecule has 0 spiro atoms. The highest BCUT2D eigenvalue weighted by Crippen LogP contribution is 2.28. The van der Waals surface area contributed by atoms with Gasteiger partial charge in [0.1, 0.15) is 11.4 Å². The monoisotopic (exact) mass is 341 g/mol. The van der Waals surface area contributed by atoms with E-state index in [0.29, 0.717) is 5.69 Å². The average molecular weight is 341 g/mol. The summed E-state index contributed by atoms with van der Waals surface area (Å²) in [6, 6.07) is 7.57. The van der Waals surface area contributed by atoms with Gasteiger partial charge in [-0.15, -0.1) is 0 Å². The molecule has 1 heterocycles. The van der Waals surface area contributed by atoms with Crippen molar-refractivity contribution in [3.8, 4) is 0 Å². The van der Waals surface area contributed by atoms with Gasteiger partial charge in [0.2, 0.25) is 0 Å². The van der Waals surface area contributed by atoms with Gasteiger partial charge in [-0.25, -0.2) is 0 Å². The van der Waals surface area contributed by atoms with Crippen LogP contribution in [0, 0.1) is 11.8 Å². The van der Waals surface area contributed by atoms with Crippen molar-refractivity contribution in [1.82, 2.24) is 4.98 Å². The third-order valence-electron chi connectivity index (χ3n) is 4.38. The Balaban J connectivity index is 1.82. The van der Waals surface area contributed by atoms with Gasteiger partial charge in [0.25, 0.3) is 10.9 Å². The normalized spacial score (nSPS) is 12.6. The molecule has 0 saturated carbocycles. The number of aromatic amines is 1. The number of carbonyl (C=O) groups is 1. The molecule has 3 aromatic rings. The van der Waals surface area contributed by atoms with Gasteiger partial charge in [-0.3, -0.25) is 14.4 Å². The molecule has 0 amide bonds. The minimum Gasteiger partial charge on any atom is -0.481 e. The number of nitrogens with one attached hydrogen (secondary N) is 3. The Kier molecular flexibility index (Phi) is 4.31. The number of hydrogen-bond donors (Lipinski definition) is 4. The highest BCUT2D eigenvalue weighted by atomic mass is 16.4. The van der Waals surface area contributed by atoms with E-state index in [4.69, 9.17) is 0 Å². The minimum atomic E-state index is -0.938. The topological polar surface area (TPSA) is 111 Å². The predicted octanol–water partition coefficient (Wildman–Crippen LogP) is 2.28. The highest BCUT2D eigenvalue weighted by Gasteiger charge is 2.26. The maximum absolute atomic E-state index is 11.9. The number of rotatable bonds is 7. The molecule has 0 aliphatic rings. The quantitative estimate of drug-likeness (QED) is 0.491. The third-order valence-corrected chi connectivity index (χ3v) is 4.38. The number of H-pyrrole nitrogens is 1. The summed E-state index contributed by atoms with van der Waals surface area (Å²) in [7, 11) is 0. The minimum absolute atomic E-state index is 0.0837. The summed E-state index contributed by atoms with van der Waals surface area (Å²) in [5.74, 6) is -1.68. The largest absolute Gasteiger partial charge is 0.481 e. The number of anilines is 3. The maximum Gasteiger partial charge on any atom is 0.308 e. The van der Waals surface area contributed by atoms with Crippen LogP contribution in [0.2, 0.25) is 0 Å². The fourth-order valence-electron chi connectivity index (χ4n) is 2.81. The summed E-state index contributed by atoms with van der Waals surface area (Å²) in [4.78, 5) is 38.1. The van der Waals surface area contributed by atoms with Gasteiger partial charge in [0, 0.05) is 23.6 Å². The highest BCUT2D eigenvalue weighted by molar-refractivity contribution is 5.95. The second-order valence-electron chi connectivity index (χ2n) is 6.35. The summed E-state index contributed by atoms with van der Waals surface area (Å²) in [6.45, 7) is 3.68. The average Bonchev–Trinajstić information content (AvgIpc) is 2.99. The number of hydrogen-bond acceptors (Lipinski definition) is 5. The van der Waals surface area contributed by atoms with Crippen LogP contribution >= 0.6 is 0 Å². The van der Waals surface area contributed by atoms with Crippen molar-refractivity contribution in [3.63, 3.8) is 0 Å². The fourth-order valence-corrected chi connectivity index (χ4v) is 2.81. The number of fused-ring (bicyclic) bond motifs is 1. The van der Waals surface area contributed by atoms with Crippen LogP contribution in [0.4, 0.5) is 17.1 Å². The van der Waals surface area contributed by atoms with Crippen LogP contribution in [0.3, 0.4) is 0 Å². The molecule has 4 N–H and O–H groups in total. The lowest BCUT2D eigenvalue weighted by Gasteiger charge is -2.19. The number of carboxylic acid groups (broad SMARTS) is 1. The van der Waals surface area contributed by atoms with E-state index in [1.165, 1.54) is 0 Å². The summed E-state index contributed by atoms with van der Waals surface area (Å²) < 4.78 is 0. The number of carboxylic acids is 1. The molecule has 1 aromatic heterocycles. The predicted molar refractivity (Wildman–Crippen MR) is 97.4 cm³/mol. The van der Waals surface area contributed by atoms with Crippen molar-refractivity contribution >= 4 is 33.9 Å². The molecule has 0 aliphatic heterocycles. The maximum atomic E-state index is 11.9. The third kappa shape index (κ3) is 3.00. The van der Waals surface area contributed by atoms with Gasteiger partial charge in [-0.05, 0) is 12.0 Å². The Bertz CT molecular complexity index is 996. The van der Waals surface area contributed by atoms with Gasteiger partial charge in [-0.1, -0.05) is 32.0 Å². The number of aliphatic carboxylic acids is 1. The van der Waals surface area contributed by atoms with Crippen molar-refractivity contribution in [2.75, 3.05) is 17.2 Å². The Hall–Kier alpha value is -3.09. The first-order valence-corrected chi connectivity index (χ1v) is 8.03. The van der Waals surface area contributed by atoms with E-state index in [0.717, 1.165) is 10.9 Å². The molecular weight excluding hydrogens is 322 g/mol. The van der Waals surface area contributed by atoms with E-state index in [-0.39, 0.29) is 23.8 Å². The van der Waals surface area contributed by atoms with Crippen LogP contribution in [0.1, 0.15) is 13.8 Å². The number of aromatic nitrogens is 1. The lowest BCUT2D eigenvalue weighted by atomic mass is 9.96. The molecule has 0 bridgehead atoms. The Labute approximate surface area is 143 Å². The zero-order chi connectivity index (χ0) is 18.1. The zero-order valence-electron chi connectivity index (χ0n) is 13.9. The Morgan fingerprint density at radius 2 is 1.84 bits per heavy atom. The van der Waals surface area contributed by atoms with E-state index in [1.54, 1.807) is 20.0 Å². The molecule has 2 aromatic carbocycles. The fraction of sp³-hybridized carbons (Fsp3) is 0.278. The van der Waals surface area contributed by atoms with Gasteiger partial charge in [0.05, 0.1) is 11.6 Å². The molecular formula is C18H19N3O4. The molecule has 25 heavy (non-hydrogen) atoms. The van der Waals surface area contributed by atoms with Crippen molar-refractivity contribution in [1.29, 1.82) is 0 Å². The summed E-state index contributed by atoms with van der Waals surface area (Å²) >= 11 is 0. The second-order valence-corrected chi connectivity index (χ2v) is 6.35. The molecule has 7 heteroatoms. The van der Waals surface area contributed by atoms with Crippen molar-refractivity contribution < 1.29 is 9.90 Å². The Morgan fingerprint density at radius 3 is 2.52 bits per heavy atom. The van der Waals surface area contributed by atoms with Crippen LogP contribution in [-0.4, -0.2) is 22.6 Å². The van der Waals surface area contributed by atoms with Crippen LogP contribution in [0.25, 0.3) is 10.9 Å². The summed E-state index contributed by atoms with van der Waals surface area (Å²) in [5.41, 5.74) is 0.664. The van der Waals surface area contributed by atoms with Crippen molar-refractivity contribution in [2.45, 2.75) is 13.8 Å². The molecule has 3 rings (SSSR count). The smallest absolute Gasteiger partial charge is 0.308 e. The SMILES string of the molecule is CC(C)[C@@H](CNc1c(Nc2c[nH]c3ccccc23)c(=O)c1=O)C(=O)O. The van der Waals surface area contributed by atoms with Crippen molar-refractivity contribution in [3.05, 3.63) is 50.9 Å². The van der Waals surface area contributed by atoms with Crippen LogP contribution in [0.5, 0.6) is 0 Å². The van der Waals surface area contributed by atoms with Gasteiger partial charge in [-0.2, -0.15) is 0 Å². The van der Waals surface area contributed by atoms with E-state index in [9.17, 15) is 19.5 Å². The summed E-state index contributed by atoms with van der Waals surface area (Å²) in [6.07, 6.45) is 1.72. The number of para-hydroxylation sites is 1. The van der Waals surface area contributed by atoms with Gasteiger partial charge in [0.15, 0.2) is 0 Å². The van der Waals surface area contributed by atoms with Crippen molar-refractivity contribution in [2.24, 2.45) is 11.8 Å². The van der Waals surface area contributed by atoms with E-state index in [1.807, 2.05) is 24.3 Å². The van der Waals surface area contributed by atoms with Crippen LogP contribution < -0.4 is 21.5 Å². The molecule has 0 radical (unpaired) electrons. The van der Waals surface area contributed by atoms with E-state index in [2.05, 4.69) is 15.6 Å². The van der Waals surface area contributed by atoms with Gasteiger partial charge < -0.3 is 20.7 Å². The van der Waals surface area contributed by atoms with Gasteiger partial charge >= 0.3 is 5.97 Å². The zero-order valence-corrected chi connectivity index (χ0v) is 13.9. The molecule has 7 nitrogen and oxygen atoms in total. The van der Waals surface area contributed by atoms with Crippen LogP contribution in [-0.2, 0) is 4.79 Å². The first-order valence-electron chi connectivity index (χ1n) is 8.03. The second kappa shape index (κ2) is 6.43. The molecule has 0 aliphatic carbocycles. The molecule has 0 unspecified atom stereocenters. The standard InChI is InChI=1S/C18H19N3O4/c1-9(2)11(18(24)25)7-20-14-15(17(23)16(14)22)21-13-8-19-12-6-4-3-5-10(12)13/h3-6,8-9,11,19-21H,7H2,1-2H3,(H,24,25)/t11-/m1/s1. The van der Waals surface area contributed by atoms with Crippen LogP contribution in [0.15, 0.2) is 40.1 Å². The molecule has 0 saturated heterocycles. The van der Waals surface area contributed by atoms with E-state index < -0.39 is 22.7 Å². The molecule has 1 atom stereocenters. The summed E-state index contributed by atoms with van der Waals surface area (Å²) in [5, 5.41) is 15.9. The number of benzene rings is 1. The lowest BCUT2D eigenvalue weighted by molar-refractivity contribution is -0.142. The molecule has 130 valence electrons. The lowest BCUT2D eigenvalue weighted by Crippen LogP contribution is -2.38. The first-order chi connectivity index (χ1) is 11.9. The molecule has 0 fully saturated rings. The first kappa shape index (κ1) is 16.8. The Morgan fingerprint density at radius 1 is 1.16 bits per heavy atom. The van der Waals surface area contributed by atoms with E-state index >= 15 is 0 Å².